The summed E-state index contributed by atoms with van der Waals surface area (Å²) in [5, 5.41) is 14.1. The number of anilines is 2. The lowest BCUT2D eigenvalue weighted by Gasteiger charge is -2.20. The first-order valence-corrected chi connectivity index (χ1v) is 9.87. The molecule has 0 atom stereocenters. The number of nitro benzene ring substituents is 1. The van der Waals surface area contributed by atoms with Crippen LogP contribution in [0.5, 0.6) is 0 Å². The van der Waals surface area contributed by atoms with Crippen molar-refractivity contribution in [1.29, 1.82) is 0 Å². The van der Waals surface area contributed by atoms with Gasteiger partial charge in [-0.2, -0.15) is 0 Å². The Labute approximate surface area is 177 Å². The fourth-order valence-corrected chi connectivity index (χ4v) is 3.50. The number of nitro groups is 1. The molecule has 0 bridgehead atoms. The fourth-order valence-electron chi connectivity index (χ4n) is 3.50. The molecular weight excluding hydrogens is 400 g/mol. The number of non-ortho nitro benzene ring substituents is 1. The summed E-state index contributed by atoms with van der Waals surface area (Å²) in [4.78, 5) is 41.9. The van der Waals surface area contributed by atoms with E-state index in [0.717, 1.165) is 36.8 Å². The van der Waals surface area contributed by atoms with Crippen LogP contribution >= 0.6 is 0 Å². The molecule has 9 heteroatoms. The molecule has 9 nitrogen and oxygen atoms in total. The third-order valence-electron chi connectivity index (χ3n) is 5.03. The van der Waals surface area contributed by atoms with E-state index in [2.05, 4.69) is 15.2 Å². The van der Waals surface area contributed by atoms with Gasteiger partial charge in [0.2, 0.25) is 0 Å². The van der Waals surface area contributed by atoms with E-state index in [1.165, 1.54) is 24.3 Å². The number of pyridine rings is 1. The van der Waals surface area contributed by atoms with Gasteiger partial charge in [0.25, 0.3) is 11.6 Å². The predicted octanol–water partition coefficient (Wildman–Crippen LogP) is 3.54. The quantitative estimate of drug-likeness (QED) is 0.368. The molecule has 31 heavy (non-hydrogen) atoms. The summed E-state index contributed by atoms with van der Waals surface area (Å²) in [6, 6.07) is 14.7. The van der Waals surface area contributed by atoms with Crippen LogP contribution in [-0.4, -0.2) is 41.5 Å². The molecule has 0 aliphatic carbocycles. The Bertz CT molecular complexity index is 1140. The first-order chi connectivity index (χ1) is 15.0. The van der Waals surface area contributed by atoms with E-state index in [1.807, 2.05) is 24.3 Å². The molecule has 158 valence electrons. The number of carbonyl (C=O) groups is 2. The summed E-state index contributed by atoms with van der Waals surface area (Å²) >= 11 is 0. The van der Waals surface area contributed by atoms with Gasteiger partial charge in [-0.1, -0.05) is 18.2 Å². The van der Waals surface area contributed by atoms with Gasteiger partial charge in [-0.3, -0.25) is 14.9 Å². The standard InChI is InChI=1S/C22H20N4O5/c27-20(23-16-7-9-17(10-8-16)26(29)30)14-31-22(28)18-13-15-5-1-2-6-19(15)24-21(18)25-11-3-4-12-25/h1-2,5-10,13H,3-4,11-12,14H2,(H,23,27). The highest BCUT2D eigenvalue weighted by atomic mass is 16.6. The Morgan fingerprint density at radius 1 is 1.10 bits per heavy atom. The van der Waals surface area contributed by atoms with Gasteiger partial charge < -0.3 is 15.0 Å². The number of hydrogen-bond donors (Lipinski definition) is 1. The number of esters is 1. The van der Waals surface area contributed by atoms with Gasteiger partial charge in [-0.15, -0.1) is 0 Å². The Morgan fingerprint density at radius 3 is 2.52 bits per heavy atom. The van der Waals surface area contributed by atoms with Gasteiger partial charge in [0, 0.05) is 36.3 Å². The van der Waals surface area contributed by atoms with Crippen LogP contribution in [0.2, 0.25) is 0 Å². The van der Waals surface area contributed by atoms with Gasteiger partial charge >= 0.3 is 5.97 Å². The third kappa shape index (κ3) is 4.61. The van der Waals surface area contributed by atoms with Crippen molar-refractivity contribution in [3.05, 3.63) is 70.3 Å². The van der Waals surface area contributed by atoms with Crippen molar-refractivity contribution >= 4 is 40.0 Å². The van der Waals surface area contributed by atoms with Crippen LogP contribution in [0.25, 0.3) is 10.9 Å². The van der Waals surface area contributed by atoms with E-state index in [9.17, 15) is 19.7 Å². The fraction of sp³-hybridized carbons (Fsp3) is 0.227. The molecule has 0 radical (unpaired) electrons. The number of para-hydroxylation sites is 1. The summed E-state index contributed by atoms with van der Waals surface area (Å²) in [5.41, 5.74) is 1.40. The molecule has 1 N–H and O–H groups in total. The average Bonchev–Trinajstić information content (AvgIpc) is 3.32. The van der Waals surface area contributed by atoms with E-state index in [0.29, 0.717) is 17.1 Å². The Kier molecular flexibility index (Phi) is 5.74. The number of nitrogens with one attached hydrogen (secondary N) is 1. The van der Waals surface area contributed by atoms with Crippen molar-refractivity contribution in [2.24, 2.45) is 0 Å². The molecule has 4 rings (SSSR count). The lowest BCUT2D eigenvalue weighted by molar-refractivity contribution is -0.384. The Balaban J connectivity index is 1.46. The summed E-state index contributed by atoms with van der Waals surface area (Å²) in [6.07, 6.45) is 2.06. The first-order valence-electron chi connectivity index (χ1n) is 9.87. The van der Waals surface area contributed by atoms with Crippen LogP contribution in [0.3, 0.4) is 0 Å². The maximum Gasteiger partial charge on any atom is 0.342 e. The van der Waals surface area contributed by atoms with Crippen molar-refractivity contribution in [2.45, 2.75) is 12.8 Å². The molecule has 0 saturated carbocycles. The van der Waals surface area contributed by atoms with Gasteiger partial charge in [0.1, 0.15) is 11.4 Å². The molecule has 2 heterocycles. The van der Waals surface area contributed by atoms with Crippen molar-refractivity contribution in [2.75, 3.05) is 29.9 Å². The van der Waals surface area contributed by atoms with E-state index in [1.54, 1.807) is 6.07 Å². The summed E-state index contributed by atoms with van der Waals surface area (Å²) in [5.74, 6) is -0.602. The monoisotopic (exact) mass is 420 g/mol. The average molecular weight is 420 g/mol. The molecule has 2 aromatic carbocycles. The maximum absolute atomic E-state index is 12.8. The van der Waals surface area contributed by atoms with Crippen LogP contribution < -0.4 is 10.2 Å². The number of benzene rings is 2. The van der Waals surface area contributed by atoms with E-state index < -0.39 is 23.4 Å². The molecule has 0 spiro atoms. The van der Waals surface area contributed by atoms with Crippen LogP contribution in [0, 0.1) is 10.1 Å². The largest absolute Gasteiger partial charge is 0.452 e. The lowest BCUT2D eigenvalue weighted by Crippen LogP contribution is -2.25. The van der Waals surface area contributed by atoms with E-state index in [-0.39, 0.29) is 5.69 Å². The molecule has 1 amide bonds. The second-order valence-corrected chi connectivity index (χ2v) is 7.17. The molecule has 1 fully saturated rings. The smallest absolute Gasteiger partial charge is 0.342 e. The highest BCUT2D eigenvalue weighted by Crippen LogP contribution is 2.27. The lowest BCUT2D eigenvalue weighted by atomic mass is 10.1. The van der Waals surface area contributed by atoms with Crippen LogP contribution in [0.4, 0.5) is 17.2 Å². The molecule has 1 aromatic heterocycles. The van der Waals surface area contributed by atoms with Crippen molar-refractivity contribution < 1.29 is 19.2 Å². The SMILES string of the molecule is O=C(COC(=O)c1cc2ccccc2nc1N1CCCC1)Nc1ccc([N+](=O)[O-])cc1. The van der Waals surface area contributed by atoms with Crippen LogP contribution in [-0.2, 0) is 9.53 Å². The number of carbonyl (C=O) groups excluding carboxylic acids is 2. The van der Waals surface area contributed by atoms with Gasteiger partial charge in [-0.05, 0) is 37.1 Å². The zero-order valence-electron chi connectivity index (χ0n) is 16.6. The number of nitrogens with zero attached hydrogens (tertiary/aromatic N) is 3. The van der Waals surface area contributed by atoms with Gasteiger partial charge in [0.15, 0.2) is 6.61 Å². The highest BCUT2D eigenvalue weighted by Gasteiger charge is 2.23. The maximum atomic E-state index is 12.8. The van der Waals surface area contributed by atoms with Crippen molar-refractivity contribution in [3.8, 4) is 0 Å². The Hall–Kier alpha value is -4.01. The third-order valence-corrected chi connectivity index (χ3v) is 5.03. The number of ether oxygens (including phenoxy) is 1. The summed E-state index contributed by atoms with van der Waals surface area (Å²) < 4.78 is 5.25. The number of hydrogen-bond acceptors (Lipinski definition) is 7. The molecule has 1 saturated heterocycles. The molecule has 0 unspecified atom stereocenters. The number of amides is 1. The molecule has 1 aliphatic rings. The van der Waals surface area contributed by atoms with E-state index in [4.69, 9.17) is 4.74 Å². The normalized spacial score (nSPS) is 13.2. The Morgan fingerprint density at radius 2 is 1.81 bits per heavy atom. The molecular formula is C22H20N4O5. The number of fused-ring (bicyclic) bond motifs is 1. The second kappa shape index (κ2) is 8.78. The zero-order chi connectivity index (χ0) is 21.8. The topological polar surface area (TPSA) is 115 Å². The minimum absolute atomic E-state index is 0.0809. The summed E-state index contributed by atoms with van der Waals surface area (Å²) in [7, 11) is 0. The number of rotatable bonds is 6. The molecule has 3 aromatic rings. The second-order valence-electron chi connectivity index (χ2n) is 7.17. The van der Waals surface area contributed by atoms with Crippen LogP contribution in [0.15, 0.2) is 54.6 Å². The highest BCUT2D eigenvalue weighted by molar-refractivity contribution is 6.01. The van der Waals surface area contributed by atoms with Gasteiger partial charge in [-0.25, -0.2) is 9.78 Å². The minimum atomic E-state index is -0.626. The zero-order valence-corrected chi connectivity index (χ0v) is 16.6. The molecule has 1 aliphatic heterocycles. The van der Waals surface area contributed by atoms with Crippen molar-refractivity contribution in [1.82, 2.24) is 4.98 Å². The summed E-state index contributed by atoms with van der Waals surface area (Å²) in [6.45, 7) is 1.14. The van der Waals surface area contributed by atoms with Crippen LogP contribution in [0.1, 0.15) is 23.2 Å². The number of aromatic nitrogens is 1. The van der Waals surface area contributed by atoms with Crippen molar-refractivity contribution in [3.63, 3.8) is 0 Å². The predicted molar refractivity (Wildman–Crippen MR) is 115 cm³/mol. The minimum Gasteiger partial charge on any atom is -0.452 e. The van der Waals surface area contributed by atoms with Gasteiger partial charge in [0.05, 0.1) is 10.4 Å². The van der Waals surface area contributed by atoms with E-state index >= 15 is 0 Å². The first kappa shape index (κ1) is 20.3.